The molecule has 3 N–H and O–H groups in total. The number of carbonyl (C=O) groups excluding carboxylic acids is 4. The van der Waals surface area contributed by atoms with Crippen LogP contribution in [0.5, 0.6) is 0 Å². The number of nitrogens with one attached hydrogen (secondary N) is 3. The van der Waals surface area contributed by atoms with Gasteiger partial charge in [-0.1, -0.05) is 36.4 Å². The van der Waals surface area contributed by atoms with E-state index in [0.717, 1.165) is 20.3 Å². The van der Waals surface area contributed by atoms with E-state index in [9.17, 15) is 19.2 Å². The summed E-state index contributed by atoms with van der Waals surface area (Å²) in [6.45, 7) is 0. The lowest BCUT2D eigenvalue weighted by Crippen LogP contribution is -2.18. The van der Waals surface area contributed by atoms with Crippen LogP contribution in [0.4, 0.5) is 17.1 Å². The van der Waals surface area contributed by atoms with E-state index in [0.29, 0.717) is 11.4 Å². The van der Waals surface area contributed by atoms with Crippen LogP contribution in [0.3, 0.4) is 0 Å². The third-order valence-corrected chi connectivity index (χ3v) is 4.67. The maximum atomic E-state index is 12.9. The van der Waals surface area contributed by atoms with Crippen molar-refractivity contribution in [3.8, 4) is 0 Å². The third kappa shape index (κ3) is 7.03. The Morgan fingerprint density at radius 3 is 1.54 bits per heavy atom. The number of carbonyl (C=O) groups is 4. The van der Waals surface area contributed by atoms with Crippen LogP contribution >= 0.6 is 0 Å². The minimum Gasteiger partial charge on any atom is -0.466 e. The number of esters is 2. The number of ether oxygens (including phenoxy) is 2. The fourth-order valence-corrected chi connectivity index (χ4v) is 3.00. The summed E-state index contributed by atoms with van der Waals surface area (Å²) in [5.41, 5.74) is 1.36. The lowest BCUT2D eigenvalue weighted by molar-refractivity contribution is -0.138. The molecule has 0 fully saturated rings. The molecule has 178 valence electrons. The summed E-state index contributed by atoms with van der Waals surface area (Å²) in [5.74, 6) is -2.60. The molecule has 3 aromatic rings. The zero-order valence-corrected chi connectivity index (χ0v) is 19.0. The summed E-state index contributed by atoms with van der Waals surface area (Å²) in [7, 11) is 2.31. The molecule has 0 aromatic heterocycles. The number of rotatable bonds is 8. The van der Waals surface area contributed by atoms with Crippen molar-refractivity contribution in [2.24, 2.45) is 0 Å². The van der Waals surface area contributed by atoms with Gasteiger partial charge in [-0.05, 0) is 42.5 Å². The molecule has 0 unspecified atom stereocenters. The smallest absolute Gasteiger partial charge is 0.354 e. The minimum atomic E-state index is -0.843. The summed E-state index contributed by atoms with van der Waals surface area (Å²) in [4.78, 5) is 49.8. The second kappa shape index (κ2) is 11.8. The molecule has 0 heterocycles. The highest BCUT2D eigenvalue weighted by Crippen LogP contribution is 2.20. The molecule has 0 atom stereocenters. The second-order valence-corrected chi connectivity index (χ2v) is 7.14. The van der Waals surface area contributed by atoms with Gasteiger partial charge in [0.2, 0.25) is 0 Å². The number of hydrogen-bond donors (Lipinski definition) is 3. The molecular formula is C26H23N3O6. The molecule has 0 bridgehead atoms. The average Bonchev–Trinajstić information content (AvgIpc) is 2.88. The Bertz CT molecular complexity index is 1180. The summed E-state index contributed by atoms with van der Waals surface area (Å²) in [5, 5.41) is 8.24. The molecule has 9 nitrogen and oxygen atoms in total. The van der Waals surface area contributed by atoms with E-state index in [-0.39, 0.29) is 22.5 Å². The monoisotopic (exact) mass is 473 g/mol. The van der Waals surface area contributed by atoms with Gasteiger partial charge in [0.25, 0.3) is 11.8 Å². The van der Waals surface area contributed by atoms with Gasteiger partial charge in [0.1, 0.15) is 5.70 Å². The standard InChI is InChI=1S/C26H23N3O6/c1-34-23(30)16-22(26(33)35-2)27-21-14-17(24(31)28-19-9-5-3-6-10-19)13-18(15-21)25(32)29-20-11-7-4-8-12-20/h3-16,27H,1-2H3,(H,28,31)(H,29,32)/b22-16+. The predicted molar refractivity (Wildman–Crippen MR) is 131 cm³/mol. The van der Waals surface area contributed by atoms with Crippen LogP contribution in [0.25, 0.3) is 0 Å². The molecule has 0 radical (unpaired) electrons. The van der Waals surface area contributed by atoms with E-state index < -0.39 is 23.8 Å². The van der Waals surface area contributed by atoms with E-state index >= 15 is 0 Å². The van der Waals surface area contributed by atoms with Crippen LogP contribution in [-0.4, -0.2) is 38.0 Å². The van der Waals surface area contributed by atoms with Crippen LogP contribution < -0.4 is 16.0 Å². The molecular weight excluding hydrogens is 450 g/mol. The lowest BCUT2D eigenvalue weighted by atomic mass is 10.1. The lowest BCUT2D eigenvalue weighted by Gasteiger charge is -2.13. The molecule has 0 spiro atoms. The first-order valence-corrected chi connectivity index (χ1v) is 10.4. The Hall–Kier alpha value is -4.92. The maximum absolute atomic E-state index is 12.9. The van der Waals surface area contributed by atoms with Gasteiger partial charge in [0.05, 0.1) is 20.3 Å². The molecule has 3 rings (SSSR count). The molecule has 9 heteroatoms. The SMILES string of the molecule is COC(=O)/C=C(/Nc1cc(C(=O)Nc2ccccc2)cc(C(=O)Nc2ccccc2)c1)C(=O)OC. The molecule has 0 saturated heterocycles. The number of para-hydroxylation sites is 2. The van der Waals surface area contributed by atoms with Crippen molar-refractivity contribution in [1.29, 1.82) is 0 Å². The fraction of sp³-hybridized carbons (Fsp3) is 0.0769. The minimum absolute atomic E-state index is 0.138. The van der Waals surface area contributed by atoms with Crippen LogP contribution in [0.1, 0.15) is 20.7 Å². The van der Waals surface area contributed by atoms with Crippen LogP contribution in [-0.2, 0) is 19.1 Å². The van der Waals surface area contributed by atoms with Gasteiger partial charge in [0, 0.05) is 28.2 Å². The normalized spacial score (nSPS) is 10.6. The maximum Gasteiger partial charge on any atom is 0.354 e. The number of methoxy groups -OCH3 is 2. The second-order valence-electron chi connectivity index (χ2n) is 7.14. The summed E-state index contributed by atoms with van der Waals surface area (Å²) in [6.07, 6.45) is 0.909. The predicted octanol–water partition coefficient (Wildman–Crippen LogP) is 3.83. The molecule has 0 aliphatic rings. The van der Waals surface area contributed by atoms with Gasteiger partial charge >= 0.3 is 11.9 Å². The van der Waals surface area contributed by atoms with Gasteiger partial charge in [-0.15, -0.1) is 0 Å². The molecule has 35 heavy (non-hydrogen) atoms. The molecule has 0 saturated carbocycles. The Labute approximate surface area is 201 Å². The third-order valence-electron chi connectivity index (χ3n) is 4.67. The van der Waals surface area contributed by atoms with Crippen molar-refractivity contribution >= 4 is 40.8 Å². The summed E-state index contributed by atoms with van der Waals surface area (Å²) in [6, 6.07) is 21.9. The largest absolute Gasteiger partial charge is 0.466 e. The first-order valence-electron chi connectivity index (χ1n) is 10.4. The van der Waals surface area contributed by atoms with Crippen molar-refractivity contribution in [1.82, 2.24) is 0 Å². The van der Waals surface area contributed by atoms with Crippen molar-refractivity contribution < 1.29 is 28.7 Å². The van der Waals surface area contributed by atoms with E-state index in [1.54, 1.807) is 48.5 Å². The molecule has 0 aliphatic carbocycles. The van der Waals surface area contributed by atoms with Crippen LogP contribution in [0.15, 0.2) is 90.6 Å². The first kappa shape index (κ1) is 24.7. The van der Waals surface area contributed by atoms with Crippen LogP contribution in [0.2, 0.25) is 0 Å². The Balaban J connectivity index is 1.98. The van der Waals surface area contributed by atoms with Crippen molar-refractivity contribution in [2.45, 2.75) is 0 Å². The number of hydrogen-bond acceptors (Lipinski definition) is 7. The van der Waals surface area contributed by atoms with E-state index in [1.807, 2.05) is 12.1 Å². The number of benzene rings is 3. The van der Waals surface area contributed by atoms with Gasteiger partial charge in [-0.25, -0.2) is 9.59 Å². The van der Waals surface area contributed by atoms with Gasteiger partial charge < -0.3 is 25.4 Å². The van der Waals surface area contributed by atoms with Crippen molar-refractivity contribution in [3.63, 3.8) is 0 Å². The Morgan fingerprint density at radius 1 is 0.629 bits per heavy atom. The molecule has 2 amide bonds. The topological polar surface area (TPSA) is 123 Å². The zero-order valence-electron chi connectivity index (χ0n) is 19.0. The molecule has 0 aliphatic heterocycles. The van der Waals surface area contributed by atoms with E-state index in [1.165, 1.54) is 18.2 Å². The summed E-state index contributed by atoms with van der Waals surface area (Å²) >= 11 is 0. The Morgan fingerprint density at radius 2 is 1.11 bits per heavy atom. The van der Waals surface area contributed by atoms with Gasteiger partial charge in [-0.3, -0.25) is 9.59 Å². The zero-order chi connectivity index (χ0) is 25.2. The number of amides is 2. The summed E-state index contributed by atoms with van der Waals surface area (Å²) < 4.78 is 9.29. The quantitative estimate of drug-likeness (QED) is 0.336. The van der Waals surface area contributed by atoms with E-state index in [4.69, 9.17) is 4.74 Å². The van der Waals surface area contributed by atoms with Crippen molar-refractivity contribution in [2.75, 3.05) is 30.2 Å². The molecule has 3 aromatic carbocycles. The fourth-order valence-electron chi connectivity index (χ4n) is 3.00. The highest BCUT2D eigenvalue weighted by molar-refractivity contribution is 6.10. The number of anilines is 3. The highest BCUT2D eigenvalue weighted by Gasteiger charge is 2.17. The van der Waals surface area contributed by atoms with Gasteiger partial charge in [0.15, 0.2) is 0 Å². The first-order chi connectivity index (χ1) is 16.9. The van der Waals surface area contributed by atoms with Crippen LogP contribution in [0, 0.1) is 0 Å². The highest BCUT2D eigenvalue weighted by atomic mass is 16.5. The Kier molecular flexibility index (Phi) is 8.33. The van der Waals surface area contributed by atoms with E-state index in [2.05, 4.69) is 20.7 Å². The average molecular weight is 473 g/mol. The van der Waals surface area contributed by atoms with Gasteiger partial charge in [-0.2, -0.15) is 0 Å². The van der Waals surface area contributed by atoms with Crippen molar-refractivity contribution in [3.05, 3.63) is 102 Å².